The van der Waals surface area contributed by atoms with E-state index >= 15 is 0 Å². The van der Waals surface area contributed by atoms with Crippen molar-refractivity contribution in [3.63, 3.8) is 0 Å². The highest BCUT2D eigenvalue weighted by Gasteiger charge is 2.46. The van der Waals surface area contributed by atoms with Gasteiger partial charge < -0.3 is 9.80 Å². The molecule has 2 heterocycles. The molecule has 67 heavy (non-hydrogen) atoms. The van der Waals surface area contributed by atoms with Crippen LogP contribution in [0.1, 0.15) is 101 Å². The van der Waals surface area contributed by atoms with Crippen LogP contribution < -0.4 is 9.80 Å². The third kappa shape index (κ3) is 6.78. The average Bonchev–Trinajstić information content (AvgIpc) is 3.90. The van der Waals surface area contributed by atoms with Gasteiger partial charge in [-0.3, -0.25) is 0 Å². The molecule has 2 aliphatic carbocycles. The van der Waals surface area contributed by atoms with Crippen molar-refractivity contribution in [3.8, 4) is 0 Å². The van der Waals surface area contributed by atoms with Crippen LogP contribution in [0.3, 0.4) is 0 Å². The highest BCUT2D eigenvalue weighted by molar-refractivity contribution is 7.26. The lowest BCUT2D eigenvalue weighted by Gasteiger charge is -2.49. The van der Waals surface area contributed by atoms with Crippen molar-refractivity contribution in [2.24, 2.45) is 0 Å². The molecule has 0 fully saturated rings. The molecule has 0 radical (unpaired) electrons. The number of nitrogens with zero attached hydrogens (tertiary/aromatic N) is 2. The van der Waals surface area contributed by atoms with E-state index < -0.39 is 5.41 Å². The molecule has 2 nitrogen and oxygen atoms in total. The lowest BCUT2D eigenvalue weighted by Crippen LogP contribution is -2.49. The van der Waals surface area contributed by atoms with E-state index in [0.717, 1.165) is 11.4 Å². The number of fused-ring (bicyclic) bond motifs is 6. The summed E-state index contributed by atoms with van der Waals surface area (Å²) < 4.78 is 5.26. The molecule has 10 aromatic rings. The first kappa shape index (κ1) is 41.9. The molecule has 2 atom stereocenters. The van der Waals surface area contributed by atoms with Crippen LogP contribution in [0, 0.1) is 0 Å². The predicted octanol–water partition coefficient (Wildman–Crippen LogP) is 18.8. The summed E-state index contributed by atoms with van der Waals surface area (Å²) in [6.07, 6.45) is 7.59. The second-order valence-corrected chi connectivity index (χ2v) is 22.9. The van der Waals surface area contributed by atoms with E-state index in [9.17, 15) is 0 Å². The molecule has 4 heteroatoms. The fourth-order valence-corrected chi connectivity index (χ4v) is 13.2. The Balaban J connectivity index is 1.17. The summed E-state index contributed by atoms with van der Waals surface area (Å²) in [5, 5.41) is 7.87. The van der Waals surface area contributed by atoms with Crippen LogP contribution in [0.4, 0.5) is 22.7 Å². The van der Waals surface area contributed by atoms with Gasteiger partial charge in [0.2, 0.25) is 0 Å². The highest BCUT2D eigenvalue weighted by atomic mass is 32.1. The van der Waals surface area contributed by atoms with Crippen LogP contribution in [-0.4, -0.2) is 6.04 Å². The lowest BCUT2D eigenvalue weighted by molar-refractivity contribution is 0.512. The summed E-state index contributed by atoms with van der Waals surface area (Å²) in [5.74, 6) is 0.857. The van der Waals surface area contributed by atoms with E-state index in [4.69, 9.17) is 0 Å². The zero-order valence-electron chi connectivity index (χ0n) is 39.7. The maximum absolute atomic E-state index is 2.66. The molecule has 2 aromatic heterocycles. The molecule has 0 amide bonds. The van der Waals surface area contributed by atoms with Crippen LogP contribution in [0.2, 0.25) is 0 Å². The van der Waals surface area contributed by atoms with Crippen LogP contribution in [0.25, 0.3) is 62.9 Å². The van der Waals surface area contributed by atoms with Gasteiger partial charge in [0.05, 0.1) is 11.7 Å². The van der Waals surface area contributed by atoms with Gasteiger partial charge in [0.1, 0.15) is 0 Å². The van der Waals surface area contributed by atoms with Gasteiger partial charge in [-0.1, -0.05) is 146 Å². The first-order valence-corrected chi connectivity index (χ1v) is 25.6. The van der Waals surface area contributed by atoms with E-state index in [0.29, 0.717) is 11.8 Å². The van der Waals surface area contributed by atoms with E-state index in [2.05, 4.69) is 241 Å². The summed E-state index contributed by atoms with van der Waals surface area (Å²) in [5.41, 5.74) is 13.5. The molecule has 1 unspecified atom stereocenters. The van der Waals surface area contributed by atoms with Gasteiger partial charge in [0, 0.05) is 74.1 Å². The molecule has 12 rings (SSSR count). The number of hydrogen-bond donors (Lipinski definition) is 0. The van der Waals surface area contributed by atoms with Gasteiger partial charge in [-0.2, -0.15) is 0 Å². The van der Waals surface area contributed by atoms with Crippen LogP contribution in [0.5, 0.6) is 0 Å². The minimum Gasteiger partial charge on any atom is -0.333 e. The molecule has 0 saturated carbocycles. The summed E-state index contributed by atoms with van der Waals surface area (Å²) in [7, 11) is 0. The van der Waals surface area contributed by atoms with Crippen molar-refractivity contribution < 1.29 is 0 Å². The molecule has 0 N–H and O–H groups in total. The van der Waals surface area contributed by atoms with Crippen LogP contribution >= 0.6 is 22.7 Å². The smallest absolute Gasteiger partial charge is 0.0674 e. The van der Waals surface area contributed by atoms with Crippen molar-refractivity contribution >= 4 is 108 Å². The van der Waals surface area contributed by atoms with Crippen LogP contribution in [-0.2, 0) is 10.8 Å². The van der Waals surface area contributed by atoms with E-state index in [1.165, 1.54) is 102 Å². The number of rotatable bonds is 8. The minimum absolute atomic E-state index is 0.00955. The molecular formula is C63H56N2S2. The van der Waals surface area contributed by atoms with Gasteiger partial charge in [-0.15, -0.1) is 22.7 Å². The van der Waals surface area contributed by atoms with E-state index in [1.807, 2.05) is 22.7 Å². The highest BCUT2D eigenvalue weighted by Crippen LogP contribution is 2.55. The van der Waals surface area contributed by atoms with Crippen molar-refractivity contribution in [1.29, 1.82) is 0 Å². The predicted molar refractivity (Wildman–Crippen MR) is 295 cm³/mol. The Morgan fingerprint density at radius 3 is 1.67 bits per heavy atom. The Labute approximate surface area is 403 Å². The zero-order valence-corrected chi connectivity index (χ0v) is 41.3. The summed E-state index contributed by atoms with van der Waals surface area (Å²) in [6, 6.07) is 60.5. The maximum Gasteiger partial charge on any atom is 0.0674 e. The van der Waals surface area contributed by atoms with Crippen molar-refractivity contribution in [2.45, 2.75) is 84.1 Å². The molecule has 0 aliphatic heterocycles. The first-order valence-electron chi connectivity index (χ1n) is 24.0. The van der Waals surface area contributed by atoms with Crippen molar-refractivity contribution in [3.05, 3.63) is 203 Å². The second kappa shape index (κ2) is 15.6. The molecule has 8 aromatic carbocycles. The van der Waals surface area contributed by atoms with Crippen molar-refractivity contribution in [1.82, 2.24) is 0 Å². The number of hydrogen-bond acceptors (Lipinski definition) is 4. The largest absolute Gasteiger partial charge is 0.333 e. The number of thiophene rings is 2. The minimum atomic E-state index is -0.419. The Kier molecular flexibility index (Phi) is 9.73. The fourth-order valence-electron chi connectivity index (χ4n) is 11.0. The van der Waals surface area contributed by atoms with Gasteiger partial charge in [-0.05, 0) is 142 Å². The number of anilines is 4. The van der Waals surface area contributed by atoms with Crippen LogP contribution in [0.15, 0.2) is 170 Å². The SMILES string of the molecule is CC(C)c1ccc(N(C2=CC(N(c3ccc(C(C)C)cc3)c3ccc4sc5ccccc5c4c3)[C@@]3(C)C=Cc4cc(C(C)(C)C)cc5ccc2c3c45)c2ccc3sc4ccccc4c3c2)cc1. The Morgan fingerprint density at radius 2 is 1.07 bits per heavy atom. The van der Waals surface area contributed by atoms with E-state index in [1.54, 1.807) is 0 Å². The fraction of sp³-hybridized carbons (Fsp3) is 0.206. The molecule has 0 saturated heterocycles. The normalized spacial score (nSPS) is 16.9. The lowest BCUT2D eigenvalue weighted by atomic mass is 9.64. The second-order valence-electron chi connectivity index (χ2n) is 20.8. The third-order valence-electron chi connectivity index (χ3n) is 14.8. The third-order valence-corrected chi connectivity index (χ3v) is 17.1. The topological polar surface area (TPSA) is 6.48 Å². The summed E-state index contributed by atoms with van der Waals surface area (Å²) >= 11 is 3.76. The molecule has 330 valence electrons. The Morgan fingerprint density at radius 1 is 0.537 bits per heavy atom. The zero-order chi connectivity index (χ0) is 45.9. The molecular weight excluding hydrogens is 849 g/mol. The summed E-state index contributed by atoms with van der Waals surface area (Å²) in [6.45, 7) is 18.6. The molecule has 0 bridgehead atoms. The molecule has 0 spiro atoms. The first-order chi connectivity index (χ1) is 32.3. The van der Waals surface area contributed by atoms with Gasteiger partial charge in [-0.25, -0.2) is 0 Å². The van der Waals surface area contributed by atoms with Gasteiger partial charge >= 0.3 is 0 Å². The maximum atomic E-state index is 2.66. The Bertz CT molecular complexity index is 3650. The van der Waals surface area contributed by atoms with Gasteiger partial charge in [0.15, 0.2) is 0 Å². The van der Waals surface area contributed by atoms with Crippen molar-refractivity contribution in [2.75, 3.05) is 9.80 Å². The monoisotopic (exact) mass is 904 g/mol. The van der Waals surface area contributed by atoms with E-state index in [-0.39, 0.29) is 11.5 Å². The molecule has 2 aliphatic rings. The number of benzene rings is 8. The quantitative estimate of drug-likeness (QED) is 0.150. The summed E-state index contributed by atoms with van der Waals surface area (Å²) in [4.78, 5) is 5.23. The standard InChI is InChI=1S/C63H56N2S2/c1-38(2)40-17-22-45(23-18-40)64(47-26-29-57-52(35-47)49-13-9-11-15-55(49)66-57)54-37-59(63(8)32-31-43-34-44(62(5,6)7)33-42-21-28-51(54)61(63)60(42)43)65(46-24-19-41(20-25-46)39(3)4)48-27-30-58-53(36-48)50-14-10-12-16-56(50)67-58/h9-39,59H,1-8H3/t59?,63-/m1/s1. The Hall–Kier alpha value is -6.46. The van der Waals surface area contributed by atoms with Gasteiger partial charge in [0.25, 0.3) is 0 Å². The average molecular weight is 905 g/mol.